The molecule has 2 atom stereocenters. The van der Waals surface area contributed by atoms with Gasteiger partial charge in [-0.25, -0.2) is 0 Å². The van der Waals surface area contributed by atoms with Gasteiger partial charge in [0, 0.05) is 29.8 Å². The van der Waals surface area contributed by atoms with Gasteiger partial charge in [-0.05, 0) is 56.0 Å². The van der Waals surface area contributed by atoms with Crippen LogP contribution in [0.15, 0.2) is 24.3 Å². The van der Waals surface area contributed by atoms with E-state index in [1.165, 1.54) is 0 Å². The van der Waals surface area contributed by atoms with E-state index in [1.54, 1.807) is 24.3 Å². The van der Waals surface area contributed by atoms with Gasteiger partial charge in [-0.15, -0.1) is 12.4 Å². The molecule has 0 aromatic heterocycles. The lowest BCUT2D eigenvalue weighted by Gasteiger charge is -2.30. The molecule has 1 aromatic rings. The van der Waals surface area contributed by atoms with Crippen molar-refractivity contribution in [3.63, 3.8) is 0 Å². The lowest BCUT2D eigenvalue weighted by atomic mass is 9.97. The van der Waals surface area contributed by atoms with Crippen LogP contribution in [0.3, 0.4) is 0 Å². The minimum absolute atomic E-state index is 0. The van der Waals surface area contributed by atoms with Gasteiger partial charge in [0.25, 0.3) is 11.8 Å². The Morgan fingerprint density at radius 3 is 2.20 bits per heavy atom. The van der Waals surface area contributed by atoms with Crippen LogP contribution in [0.4, 0.5) is 0 Å². The van der Waals surface area contributed by atoms with E-state index in [0.717, 1.165) is 19.4 Å². The van der Waals surface area contributed by atoms with Crippen LogP contribution < -0.4 is 16.0 Å². The first kappa shape index (κ1) is 21.5. The molecule has 2 rings (SSSR count). The van der Waals surface area contributed by atoms with Gasteiger partial charge < -0.3 is 16.0 Å². The highest BCUT2D eigenvalue weighted by molar-refractivity contribution is 5.97. The molecule has 1 saturated heterocycles. The second kappa shape index (κ2) is 9.20. The molecule has 1 aromatic carbocycles. The van der Waals surface area contributed by atoms with Crippen molar-refractivity contribution < 1.29 is 9.59 Å². The molecule has 0 saturated carbocycles. The number of nitrogens with one attached hydrogen (secondary N) is 3. The number of piperidine rings is 1. The molecular weight excluding hydrogens is 338 g/mol. The predicted molar refractivity (Wildman–Crippen MR) is 103 cm³/mol. The number of amides is 2. The molecule has 0 spiro atoms. The van der Waals surface area contributed by atoms with Crippen molar-refractivity contribution in [1.82, 2.24) is 16.0 Å². The fraction of sp³-hybridized carbons (Fsp3) is 0.579. The Labute approximate surface area is 156 Å². The second-order valence-corrected chi connectivity index (χ2v) is 7.79. The van der Waals surface area contributed by atoms with E-state index in [9.17, 15) is 9.59 Å². The summed E-state index contributed by atoms with van der Waals surface area (Å²) in [6.45, 7) is 9.92. The molecule has 0 aliphatic carbocycles. The molecular formula is C19H30ClN3O2. The van der Waals surface area contributed by atoms with Gasteiger partial charge in [0.05, 0.1) is 0 Å². The van der Waals surface area contributed by atoms with Crippen LogP contribution in [0, 0.1) is 5.41 Å². The molecule has 3 N–H and O–H groups in total. The predicted octanol–water partition coefficient (Wildman–Crippen LogP) is 2.75. The topological polar surface area (TPSA) is 70.2 Å². The normalized spacial score (nSPS) is 20.3. The van der Waals surface area contributed by atoms with Crippen molar-refractivity contribution in [3.8, 4) is 0 Å². The molecule has 140 valence electrons. The van der Waals surface area contributed by atoms with Crippen molar-refractivity contribution in [1.29, 1.82) is 0 Å². The van der Waals surface area contributed by atoms with Crippen molar-refractivity contribution >= 4 is 24.2 Å². The molecule has 5 nitrogen and oxygen atoms in total. The van der Waals surface area contributed by atoms with Crippen LogP contribution in [0.5, 0.6) is 0 Å². The lowest BCUT2D eigenvalue weighted by Crippen LogP contribution is -2.51. The van der Waals surface area contributed by atoms with Crippen LogP contribution in [0.2, 0.25) is 0 Å². The third kappa shape index (κ3) is 6.67. The van der Waals surface area contributed by atoms with Crippen molar-refractivity contribution in [2.24, 2.45) is 5.41 Å². The summed E-state index contributed by atoms with van der Waals surface area (Å²) in [6, 6.07) is 7.27. The molecule has 0 bridgehead atoms. The highest BCUT2D eigenvalue weighted by Crippen LogP contribution is 2.12. The van der Waals surface area contributed by atoms with Crippen LogP contribution in [-0.4, -0.2) is 37.0 Å². The van der Waals surface area contributed by atoms with Gasteiger partial charge in [0.15, 0.2) is 0 Å². The van der Waals surface area contributed by atoms with Gasteiger partial charge in [0.2, 0.25) is 0 Å². The molecule has 0 radical (unpaired) electrons. The summed E-state index contributed by atoms with van der Waals surface area (Å²) >= 11 is 0. The highest BCUT2D eigenvalue weighted by atomic mass is 35.5. The number of benzene rings is 1. The first-order valence-electron chi connectivity index (χ1n) is 8.69. The average Bonchev–Trinajstić information content (AvgIpc) is 2.54. The fourth-order valence-corrected chi connectivity index (χ4v) is 2.71. The zero-order chi connectivity index (χ0) is 17.7. The van der Waals surface area contributed by atoms with Gasteiger partial charge in [-0.2, -0.15) is 0 Å². The highest BCUT2D eigenvalue weighted by Gasteiger charge is 2.23. The number of carbonyl (C=O) groups is 2. The standard InChI is InChI=1S/C19H29N3O2.ClH/c1-13-16(6-5-11-20-13)22-18(24)15-9-7-14(8-10-15)17(23)21-12-19(2,3)4;/h7-10,13,16,20H,5-6,11-12H2,1-4H3,(H,21,23)(H,22,24);1H. The van der Waals surface area contributed by atoms with Crippen LogP contribution >= 0.6 is 12.4 Å². The van der Waals surface area contributed by atoms with Gasteiger partial charge in [0.1, 0.15) is 0 Å². The Kier molecular flexibility index (Phi) is 7.90. The molecule has 2 unspecified atom stereocenters. The molecule has 25 heavy (non-hydrogen) atoms. The molecule has 1 heterocycles. The van der Waals surface area contributed by atoms with Gasteiger partial charge in [-0.3, -0.25) is 9.59 Å². The van der Waals surface area contributed by atoms with Crippen molar-refractivity contribution in [3.05, 3.63) is 35.4 Å². The van der Waals surface area contributed by atoms with Crippen LogP contribution in [-0.2, 0) is 0 Å². The first-order valence-corrected chi connectivity index (χ1v) is 8.69. The lowest BCUT2D eigenvalue weighted by molar-refractivity contribution is 0.0914. The van der Waals surface area contributed by atoms with E-state index in [4.69, 9.17) is 0 Å². The average molecular weight is 368 g/mol. The van der Waals surface area contributed by atoms with E-state index >= 15 is 0 Å². The zero-order valence-corrected chi connectivity index (χ0v) is 16.3. The summed E-state index contributed by atoms with van der Waals surface area (Å²) in [5.74, 6) is -0.195. The maximum atomic E-state index is 12.4. The maximum Gasteiger partial charge on any atom is 0.251 e. The van der Waals surface area contributed by atoms with Crippen LogP contribution in [0.25, 0.3) is 0 Å². The SMILES string of the molecule is CC1NCCCC1NC(=O)c1ccc(C(=O)NCC(C)(C)C)cc1.Cl. The third-order valence-electron chi connectivity index (χ3n) is 4.27. The number of hydrogen-bond acceptors (Lipinski definition) is 3. The maximum absolute atomic E-state index is 12.4. The summed E-state index contributed by atoms with van der Waals surface area (Å²) in [5.41, 5.74) is 1.20. The summed E-state index contributed by atoms with van der Waals surface area (Å²) in [6.07, 6.45) is 2.06. The van der Waals surface area contributed by atoms with Gasteiger partial charge >= 0.3 is 0 Å². The Bertz CT molecular complexity index is 581. The molecule has 1 fully saturated rings. The zero-order valence-electron chi connectivity index (χ0n) is 15.5. The second-order valence-electron chi connectivity index (χ2n) is 7.79. The largest absolute Gasteiger partial charge is 0.352 e. The van der Waals surface area contributed by atoms with E-state index in [0.29, 0.717) is 17.7 Å². The Morgan fingerprint density at radius 2 is 1.68 bits per heavy atom. The van der Waals surface area contributed by atoms with E-state index in [-0.39, 0.29) is 41.7 Å². The first-order chi connectivity index (χ1) is 11.3. The van der Waals surface area contributed by atoms with Gasteiger partial charge in [-0.1, -0.05) is 20.8 Å². The number of carbonyl (C=O) groups excluding carboxylic acids is 2. The summed E-state index contributed by atoms with van der Waals surface area (Å²) in [7, 11) is 0. The van der Waals surface area contributed by atoms with Crippen LogP contribution in [0.1, 0.15) is 61.3 Å². The molecule has 1 aliphatic heterocycles. The van der Waals surface area contributed by atoms with Crippen molar-refractivity contribution in [2.75, 3.05) is 13.1 Å². The minimum atomic E-state index is -0.109. The summed E-state index contributed by atoms with van der Waals surface area (Å²) in [4.78, 5) is 24.5. The third-order valence-corrected chi connectivity index (χ3v) is 4.27. The van der Waals surface area contributed by atoms with Crippen molar-refractivity contribution in [2.45, 2.75) is 52.6 Å². The quantitative estimate of drug-likeness (QED) is 0.766. The molecule has 1 aliphatic rings. The summed E-state index contributed by atoms with van der Waals surface area (Å²) < 4.78 is 0. The van der Waals surface area contributed by atoms with E-state index < -0.39 is 0 Å². The number of rotatable bonds is 4. The molecule has 6 heteroatoms. The fourth-order valence-electron chi connectivity index (χ4n) is 2.71. The monoisotopic (exact) mass is 367 g/mol. The Hall–Kier alpha value is -1.59. The Morgan fingerprint density at radius 1 is 1.12 bits per heavy atom. The number of halogens is 1. The van der Waals surface area contributed by atoms with E-state index in [2.05, 4.69) is 43.6 Å². The summed E-state index contributed by atoms with van der Waals surface area (Å²) in [5, 5.41) is 9.36. The number of hydrogen-bond donors (Lipinski definition) is 3. The Balaban J connectivity index is 0.00000312. The minimum Gasteiger partial charge on any atom is -0.352 e. The molecule has 2 amide bonds. The smallest absolute Gasteiger partial charge is 0.251 e. The van der Waals surface area contributed by atoms with E-state index in [1.807, 2.05) is 0 Å².